The van der Waals surface area contributed by atoms with Crippen molar-refractivity contribution in [2.75, 3.05) is 6.54 Å². The lowest BCUT2D eigenvalue weighted by molar-refractivity contribution is 0.0682. The van der Waals surface area contributed by atoms with Crippen LogP contribution in [-0.4, -0.2) is 17.4 Å². The monoisotopic (exact) mass is 340 g/mol. The molecule has 0 saturated heterocycles. The van der Waals surface area contributed by atoms with Crippen LogP contribution in [0, 0.1) is 18.8 Å². The predicted molar refractivity (Wildman–Crippen MR) is 90.2 cm³/mol. The summed E-state index contributed by atoms with van der Waals surface area (Å²) in [6, 6.07) is 1.53. The number of pyridine rings is 1. The zero-order valence-corrected chi connectivity index (χ0v) is 14.2. The first-order valence-electron chi connectivity index (χ1n) is 7.67. The van der Waals surface area contributed by atoms with Gasteiger partial charge in [-0.3, -0.25) is 4.79 Å². The third-order valence-corrected chi connectivity index (χ3v) is 5.56. The van der Waals surface area contributed by atoms with E-state index in [0.29, 0.717) is 16.0 Å². The second-order valence-electron chi connectivity index (χ2n) is 6.52. The maximum absolute atomic E-state index is 12.3. The van der Waals surface area contributed by atoms with E-state index in [1.807, 2.05) is 0 Å². The third kappa shape index (κ3) is 3.75. The topological polar surface area (TPSA) is 42.0 Å². The van der Waals surface area contributed by atoms with Crippen LogP contribution < -0.4 is 5.32 Å². The fourth-order valence-electron chi connectivity index (χ4n) is 4.02. The number of nitrogens with zero attached hydrogens (tertiary/aromatic N) is 1. The molecule has 5 heteroatoms. The molecular weight excluding hydrogens is 319 g/mol. The maximum atomic E-state index is 12.3. The van der Waals surface area contributed by atoms with Crippen LogP contribution in [-0.2, 0) is 0 Å². The molecule has 1 aromatic rings. The van der Waals surface area contributed by atoms with E-state index >= 15 is 0 Å². The van der Waals surface area contributed by atoms with Crippen LogP contribution in [0.3, 0.4) is 0 Å². The van der Waals surface area contributed by atoms with E-state index < -0.39 is 0 Å². The molecule has 0 atom stereocenters. The Bertz CT molecular complexity index is 537. The van der Waals surface area contributed by atoms with Crippen molar-refractivity contribution in [2.24, 2.45) is 11.3 Å². The Hall–Kier alpha value is -0.800. The van der Waals surface area contributed by atoms with Gasteiger partial charge in [0.1, 0.15) is 5.15 Å². The Morgan fingerprint density at radius 1 is 1.32 bits per heavy atom. The van der Waals surface area contributed by atoms with Crippen LogP contribution in [0.1, 0.15) is 55.3 Å². The molecule has 1 aromatic heterocycles. The Morgan fingerprint density at radius 2 is 2.00 bits per heavy atom. The maximum Gasteiger partial charge on any atom is 0.252 e. The van der Waals surface area contributed by atoms with Crippen molar-refractivity contribution >= 4 is 29.1 Å². The van der Waals surface area contributed by atoms with Gasteiger partial charge in [-0.2, -0.15) is 0 Å². The van der Waals surface area contributed by atoms with Gasteiger partial charge in [-0.25, -0.2) is 4.98 Å². The summed E-state index contributed by atoms with van der Waals surface area (Å²) in [5.41, 5.74) is 0.719. The van der Waals surface area contributed by atoms with Crippen molar-refractivity contribution in [1.29, 1.82) is 0 Å². The average Bonchev–Trinajstić information content (AvgIpc) is 2.47. The molecule has 0 aliphatic heterocycles. The molecule has 22 heavy (non-hydrogen) atoms. The minimum atomic E-state index is -0.147. The van der Waals surface area contributed by atoms with Gasteiger partial charge in [0.2, 0.25) is 0 Å². The van der Waals surface area contributed by atoms with E-state index in [0.717, 1.165) is 12.5 Å². The average molecular weight is 341 g/mol. The van der Waals surface area contributed by atoms with E-state index in [4.69, 9.17) is 23.2 Å². The van der Waals surface area contributed by atoms with Crippen LogP contribution in [0.25, 0.3) is 0 Å². The SMILES string of the molecule is O=C(NCC12CCCC(CCC1)C2)c1cc(Cl)ncc1Cl.[CH2]. The zero-order chi connectivity index (χ0) is 14.9. The molecule has 0 unspecified atom stereocenters. The van der Waals surface area contributed by atoms with Gasteiger partial charge in [-0.05, 0) is 36.7 Å². The van der Waals surface area contributed by atoms with Gasteiger partial charge >= 0.3 is 0 Å². The Labute approximate surface area is 142 Å². The highest BCUT2D eigenvalue weighted by Crippen LogP contribution is 2.48. The lowest BCUT2D eigenvalue weighted by Gasteiger charge is -2.45. The Balaban J connectivity index is 0.00000176. The van der Waals surface area contributed by atoms with Crippen molar-refractivity contribution in [1.82, 2.24) is 10.3 Å². The van der Waals surface area contributed by atoms with E-state index in [9.17, 15) is 4.79 Å². The molecule has 1 heterocycles. The molecule has 2 aliphatic rings. The highest BCUT2D eigenvalue weighted by molar-refractivity contribution is 6.35. The minimum absolute atomic E-state index is 0. The quantitative estimate of drug-likeness (QED) is 0.802. The summed E-state index contributed by atoms with van der Waals surface area (Å²) in [5.74, 6) is 0.717. The number of hydrogen-bond acceptors (Lipinski definition) is 2. The van der Waals surface area contributed by atoms with Crippen molar-refractivity contribution in [2.45, 2.75) is 44.9 Å². The van der Waals surface area contributed by atoms with Crippen LogP contribution in [0.4, 0.5) is 0 Å². The molecule has 2 fully saturated rings. The van der Waals surface area contributed by atoms with Crippen LogP contribution >= 0.6 is 23.2 Å². The van der Waals surface area contributed by atoms with Gasteiger partial charge in [-0.15, -0.1) is 0 Å². The first kappa shape index (κ1) is 17.6. The second-order valence-corrected chi connectivity index (χ2v) is 7.32. The van der Waals surface area contributed by atoms with Crippen molar-refractivity contribution < 1.29 is 4.79 Å². The van der Waals surface area contributed by atoms with Crippen LogP contribution in [0.2, 0.25) is 10.2 Å². The van der Waals surface area contributed by atoms with E-state index in [1.165, 1.54) is 57.2 Å². The van der Waals surface area contributed by atoms with E-state index in [1.54, 1.807) is 0 Å². The normalized spacial score (nSPS) is 26.9. The number of carbonyl (C=O) groups is 1. The second kappa shape index (κ2) is 7.18. The molecule has 0 aromatic carbocycles. The lowest BCUT2D eigenvalue weighted by Crippen LogP contribution is -2.43. The lowest BCUT2D eigenvalue weighted by atomic mass is 9.62. The molecule has 2 bridgehead atoms. The zero-order valence-electron chi connectivity index (χ0n) is 12.7. The first-order chi connectivity index (χ1) is 10.1. The molecule has 2 aliphatic carbocycles. The third-order valence-electron chi connectivity index (χ3n) is 5.05. The van der Waals surface area contributed by atoms with Crippen molar-refractivity contribution in [3.05, 3.63) is 35.4 Å². The van der Waals surface area contributed by atoms with Crippen molar-refractivity contribution in [3.8, 4) is 0 Å². The van der Waals surface area contributed by atoms with Gasteiger partial charge in [-0.1, -0.05) is 56.3 Å². The minimum Gasteiger partial charge on any atom is -0.351 e. The standard InChI is InChI=1S/C16H20Cl2N2O.CH2/c17-13-9-19-14(18)7-12(13)15(21)20-10-16-5-1-3-11(8-16)4-2-6-16;/h7,9,11H,1-6,8,10H2,(H,20,21);1H2. The number of halogens is 2. The number of amides is 1. The highest BCUT2D eigenvalue weighted by atomic mass is 35.5. The van der Waals surface area contributed by atoms with Gasteiger partial charge < -0.3 is 5.32 Å². The first-order valence-corrected chi connectivity index (χ1v) is 8.43. The predicted octanol–water partition coefficient (Wildman–Crippen LogP) is 4.81. The summed E-state index contributed by atoms with van der Waals surface area (Å²) in [6.45, 7) is 0.749. The summed E-state index contributed by atoms with van der Waals surface area (Å²) in [7, 11) is 0. The molecular formula is C17H22Cl2N2O. The summed E-state index contributed by atoms with van der Waals surface area (Å²) in [6.07, 6.45) is 10.5. The molecule has 1 amide bonds. The fraction of sp³-hybridized carbons (Fsp3) is 0.588. The molecule has 3 rings (SSSR count). The molecule has 3 nitrogen and oxygen atoms in total. The number of hydrogen-bond donors (Lipinski definition) is 1. The molecule has 1 N–H and O–H groups in total. The van der Waals surface area contributed by atoms with E-state index in [-0.39, 0.29) is 18.5 Å². The highest BCUT2D eigenvalue weighted by Gasteiger charge is 2.39. The van der Waals surface area contributed by atoms with Gasteiger partial charge in [0.15, 0.2) is 0 Å². The number of aromatic nitrogens is 1. The van der Waals surface area contributed by atoms with Gasteiger partial charge in [0.05, 0.1) is 10.6 Å². The summed E-state index contributed by atoms with van der Waals surface area (Å²) < 4.78 is 0. The van der Waals surface area contributed by atoms with Gasteiger partial charge in [0.25, 0.3) is 5.91 Å². The van der Waals surface area contributed by atoms with Gasteiger partial charge in [0, 0.05) is 12.7 Å². The summed E-state index contributed by atoms with van der Waals surface area (Å²) in [5, 5.41) is 3.71. The van der Waals surface area contributed by atoms with E-state index in [2.05, 4.69) is 10.3 Å². The number of carbonyl (C=O) groups excluding carboxylic acids is 1. The molecule has 120 valence electrons. The molecule has 0 spiro atoms. The van der Waals surface area contributed by atoms with Crippen molar-refractivity contribution in [3.63, 3.8) is 0 Å². The Morgan fingerprint density at radius 3 is 2.68 bits per heavy atom. The van der Waals surface area contributed by atoms with Crippen LogP contribution in [0.15, 0.2) is 12.3 Å². The summed E-state index contributed by atoms with van der Waals surface area (Å²) >= 11 is 11.9. The van der Waals surface area contributed by atoms with Crippen LogP contribution in [0.5, 0.6) is 0 Å². The largest absolute Gasteiger partial charge is 0.351 e. The number of nitrogens with one attached hydrogen (secondary N) is 1. The summed E-state index contributed by atoms with van der Waals surface area (Å²) in [4.78, 5) is 16.2. The number of rotatable bonds is 3. The fourth-order valence-corrected chi connectivity index (χ4v) is 4.37. The molecule has 2 saturated carbocycles. The Kier molecular flexibility index (Phi) is 5.73. The molecule has 2 radical (unpaired) electrons. The smallest absolute Gasteiger partial charge is 0.252 e. The number of fused-ring (bicyclic) bond motifs is 2.